The molecule has 1 aromatic rings. The standard InChI is InChI=1S/C15H21NO2/c1-15(2,3)16-10-13(9-14(16)17)18-11-12-7-5-4-6-8-12/h4-8,13H,9-11H2,1-3H3/t13-/m0/s1. The molecule has 1 aliphatic rings. The van der Waals surface area contributed by atoms with E-state index in [1.807, 2.05) is 35.2 Å². The highest BCUT2D eigenvalue weighted by molar-refractivity contribution is 5.79. The molecule has 1 atom stereocenters. The molecule has 1 aliphatic heterocycles. The smallest absolute Gasteiger partial charge is 0.225 e. The molecule has 3 nitrogen and oxygen atoms in total. The van der Waals surface area contributed by atoms with Crippen LogP contribution in [0.2, 0.25) is 0 Å². The van der Waals surface area contributed by atoms with Crippen molar-refractivity contribution in [2.45, 2.75) is 45.4 Å². The van der Waals surface area contributed by atoms with Gasteiger partial charge in [-0.25, -0.2) is 0 Å². The third-order valence-electron chi connectivity index (χ3n) is 3.23. The van der Waals surface area contributed by atoms with E-state index in [0.29, 0.717) is 19.6 Å². The molecule has 1 saturated heterocycles. The number of nitrogens with zero attached hydrogens (tertiary/aromatic N) is 1. The molecule has 1 amide bonds. The molecule has 0 aliphatic carbocycles. The number of amides is 1. The zero-order valence-electron chi connectivity index (χ0n) is 11.3. The topological polar surface area (TPSA) is 29.5 Å². The number of ether oxygens (including phenoxy) is 1. The number of carbonyl (C=O) groups excluding carboxylic acids is 1. The largest absolute Gasteiger partial charge is 0.371 e. The first-order valence-corrected chi connectivity index (χ1v) is 6.43. The Kier molecular flexibility index (Phi) is 3.71. The zero-order valence-corrected chi connectivity index (χ0v) is 11.3. The molecule has 18 heavy (non-hydrogen) atoms. The zero-order chi connectivity index (χ0) is 13.2. The second-order valence-corrected chi connectivity index (χ2v) is 5.80. The van der Waals surface area contributed by atoms with Crippen LogP contribution in [0.4, 0.5) is 0 Å². The molecule has 0 unspecified atom stereocenters. The van der Waals surface area contributed by atoms with Crippen LogP contribution in [0.3, 0.4) is 0 Å². The summed E-state index contributed by atoms with van der Waals surface area (Å²) in [6.07, 6.45) is 0.529. The molecule has 98 valence electrons. The van der Waals surface area contributed by atoms with Gasteiger partial charge in [0.1, 0.15) is 0 Å². The van der Waals surface area contributed by atoms with Crippen LogP contribution < -0.4 is 0 Å². The maximum atomic E-state index is 11.9. The lowest BCUT2D eigenvalue weighted by molar-refractivity contribution is -0.131. The van der Waals surface area contributed by atoms with Crippen molar-refractivity contribution in [3.63, 3.8) is 0 Å². The Morgan fingerprint density at radius 2 is 1.94 bits per heavy atom. The number of rotatable bonds is 3. The van der Waals surface area contributed by atoms with Crippen molar-refractivity contribution < 1.29 is 9.53 Å². The van der Waals surface area contributed by atoms with Gasteiger partial charge in [0.15, 0.2) is 0 Å². The van der Waals surface area contributed by atoms with Gasteiger partial charge in [-0.3, -0.25) is 4.79 Å². The van der Waals surface area contributed by atoms with E-state index in [1.165, 1.54) is 0 Å². The molecule has 0 bridgehead atoms. The van der Waals surface area contributed by atoms with E-state index in [1.54, 1.807) is 0 Å². The van der Waals surface area contributed by atoms with Gasteiger partial charge in [0, 0.05) is 12.1 Å². The average molecular weight is 247 g/mol. The van der Waals surface area contributed by atoms with Gasteiger partial charge in [-0.1, -0.05) is 30.3 Å². The summed E-state index contributed by atoms with van der Waals surface area (Å²) in [5, 5.41) is 0. The maximum absolute atomic E-state index is 11.9. The normalized spacial score (nSPS) is 20.5. The first-order valence-electron chi connectivity index (χ1n) is 6.43. The van der Waals surface area contributed by atoms with Gasteiger partial charge in [0.2, 0.25) is 5.91 Å². The Labute approximate surface area is 109 Å². The van der Waals surface area contributed by atoms with Gasteiger partial charge in [0.05, 0.1) is 19.1 Å². The number of hydrogen-bond donors (Lipinski definition) is 0. The van der Waals surface area contributed by atoms with Gasteiger partial charge < -0.3 is 9.64 Å². The molecule has 2 rings (SSSR count). The van der Waals surface area contributed by atoms with Crippen LogP contribution >= 0.6 is 0 Å². The van der Waals surface area contributed by atoms with E-state index in [9.17, 15) is 4.79 Å². The summed E-state index contributed by atoms with van der Waals surface area (Å²) < 4.78 is 5.82. The van der Waals surface area contributed by atoms with Crippen LogP contribution in [0, 0.1) is 0 Å². The monoisotopic (exact) mass is 247 g/mol. The fourth-order valence-corrected chi connectivity index (χ4v) is 2.22. The highest BCUT2D eigenvalue weighted by atomic mass is 16.5. The van der Waals surface area contributed by atoms with Crippen LogP contribution in [0.5, 0.6) is 0 Å². The summed E-state index contributed by atoms with van der Waals surface area (Å²) in [6, 6.07) is 10.1. The van der Waals surface area contributed by atoms with Crippen molar-refractivity contribution in [3.05, 3.63) is 35.9 Å². The minimum atomic E-state index is -0.109. The number of hydrogen-bond acceptors (Lipinski definition) is 2. The second-order valence-electron chi connectivity index (χ2n) is 5.80. The lowest BCUT2D eigenvalue weighted by Gasteiger charge is -2.31. The molecule has 1 heterocycles. The van der Waals surface area contributed by atoms with Crippen LogP contribution in [-0.2, 0) is 16.1 Å². The van der Waals surface area contributed by atoms with Crippen molar-refractivity contribution >= 4 is 5.91 Å². The molecule has 1 aromatic carbocycles. The average Bonchev–Trinajstić information content (AvgIpc) is 2.69. The predicted molar refractivity (Wildman–Crippen MR) is 71.1 cm³/mol. The van der Waals surface area contributed by atoms with Crippen molar-refractivity contribution in [1.82, 2.24) is 4.90 Å². The fraction of sp³-hybridized carbons (Fsp3) is 0.533. The first-order chi connectivity index (χ1) is 8.47. The van der Waals surface area contributed by atoms with Gasteiger partial charge in [-0.15, -0.1) is 0 Å². The maximum Gasteiger partial charge on any atom is 0.225 e. The molecule has 0 radical (unpaired) electrons. The van der Waals surface area contributed by atoms with E-state index in [2.05, 4.69) is 20.8 Å². The van der Waals surface area contributed by atoms with Crippen LogP contribution in [0.15, 0.2) is 30.3 Å². The summed E-state index contributed by atoms with van der Waals surface area (Å²) in [5.74, 6) is 0.195. The van der Waals surface area contributed by atoms with Crippen molar-refractivity contribution in [3.8, 4) is 0 Å². The van der Waals surface area contributed by atoms with E-state index >= 15 is 0 Å². The highest BCUT2D eigenvalue weighted by Crippen LogP contribution is 2.24. The van der Waals surface area contributed by atoms with Crippen molar-refractivity contribution in [2.24, 2.45) is 0 Å². The minimum absolute atomic E-state index is 0.0249. The molecule has 0 spiro atoms. The van der Waals surface area contributed by atoms with Gasteiger partial charge >= 0.3 is 0 Å². The molecule has 0 N–H and O–H groups in total. The molecular formula is C15H21NO2. The summed E-state index contributed by atoms with van der Waals surface area (Å²) in [6.45, 7) is 7.46. The van der Waals surface area contributed by atoms with E-state index in [-0.39, 0.29) is 17.6 Å². The lowest BCUT2D eigenvalue weighted by atomic mass is 10.1. The number of carbonyl (C=O) groups is 1. The Balaban J connectivity index is 1.88. The van der Waals surface area contributed by atoms with E-state index < -0.39 is 0 Å². The van der Waals surface area contributed by atoms with E-state index in [0.717, 1.165) is 5.56 Å². The predicted octanol–water partition coefficient (Wildman–Crippen LogP) is 2.60. The van der Waals surface area contributed by atoms with Gasteiger partial charge in [-0.05, 0) is 26.3 Å². The summed E-state index contributed by atoms with van der Waals surface area (Å²) >= 11 is 0. The number of likely N-dealkylation sites (tertiary alicyclic amines) is 1. The third-order valence-corrected chi connectivity index (χ3v) is 3.23. The third kappa shape index (κ3) is 3.10. The fourth-order valence-electron chi connectivity index (χ4n) is 2.22. The highest BCUT2D eigenvalue weighted by Gasteiger charge is 2.36. The van der Waals surface area contributed by atoms with E-state index in [4.69, 9.17) is 4.74 Å². The van der Waals surface area contributed by atoms with Crippen molar-refractivity contribution in [1.29, 1.82) is 0 Å². The summed E-state index contributed by atoms with van der Waals surface area (Å²) in [7, 11) is 0. The van der Waals surface area contributed by atoms with Crippen LogP contribution in [0.25, 0.3) is 0 Å². The Hall–Kier alpha value is -1.35. The minimum Gasteiger partial charge on any atom is -0.371 e. The first kappa shape index (κ1) is 13.1. The lowest BCUT2D eigenvalue weighted by Crippen LogP contribution is -2.42. The number of benzene rings is 1. The summed E-state index contributed by atoms with van der Waals surface area (Å²) in [4.78, 5) is 13.8. The molecule has 0 aromatic heterocycles. The quantitative estimate of drug-likeness (QED) is 0.821. The Morgan fingerprint density at radius 3 is 2.50 bits per heavy atom. The SMILES string of the molecule is CC(C)(C)N1C[C@@H](OCc2ccccc2)CC1=O. The van der Waals surface area contributed by atoms with Crippen LogP contribution in [-0.4, -0.2) is 29.0 Å². The van der Waals surface area contributed by atoms with Crippen molar-refractivity contribution in [2.75, 3.05) is 6.54 Å². The molecular weight excluding hydrogens is 226 g/mol. The second kappa shape index (κ2) is 5.11. The Morgan fingerprint density at radius 1 is 1.28 bits per heavy atom. The molecule has 1 fully saturated rings. The van der Waals surface area contributed by atoms with Crippen LogP contribution in [0.1, 0.15) is 32.8 Å². The molecule has 3 heteroatoms. The Bertz CT molecular complexity index is 408. The van der Waals surface area contributed by atoms with Gasteiger partial charge in [0.25, 0.3) is 0 Å². The molecule has 0 saturated carbocycles. The summed E-state index contributed by atoms with van der Waals surface area (Å²) in [5.41, 5.74) is 1.04. The van der Waals surface area contributed by atoms with Gasteiger partial charge in [-0.2, -0.15) is 0 Å².